The van der Waals surface area contributed by atoms with Gasteiger partial charge in [-0.1, -0.05) is 246 Å². The molecular formula is C58H100N2Ni. The molecule has 0 unspecified atom stereocenters. The van der Waals surface area contributed by atoms with Gasteiger partial charge >= 0.3 is 0 Å². The maximum atomic E-state index is 5.46. The van der Waals surface area contributed by atoms with E-state index in [-0.39, 0.29) is 16.5 Å². The molecule has 0 aliphatic heterocycles. The number of benzene rings is 2. The quantitative estimate of drug-likeness (QED) is 0.0361. The van der Waals surface area contributed by atoms with Gasteiger partial charge in [-0.15, -0.1) is 0 Å². The molecule has 0 bridgehead atoms. The number of nitrogens with zero attached hydrogens (tertiary/aromatic N) is 2. The minimum Gasteiger partial charge on any atom is -0.252 e. The molecule has 0 aliphatic rings. The third kappa shape index (κ3) is 28.6. The summed E-state index contributed by atoms with van der Waals surface area (Å²) >= 11 is 0. The zero-order valence-corrected chi connectivity index (χ0v) is 42.5. The van der Waals surface area contributed by atoms with Crippen LogP contribution in [-0.2, 0) is 42.2 Å². The van der Waals surface area contributed by atoms with Gasteiger partial charge in [-0.2, -0.15) is 0 Å². The molecule has 2 aromatic carbocycles. The molecule has 0 heterocycles. The van der Waals surface area contributed by atoms with Gasteiger partial charge in [0.25, 0.3) is 0 Å². The van der Waals surface area contributed by atoms with E-state index in [1.165, 1.54) is 239 Å². The molecular weight excluding hydrogens is 783 g/mol. The molecule has 3 heteroatoms. The first-order chi connectivity index (χ1) is 29.6. The van der Waals surface area contributed by atoms with E-state index in [2.05, 4.69) is 77.9 Å². The van der Waals surface area contributed by atoms with Crippen molar-refractivity contribution in [2.24, 2.45) is 9.98 Å². The number of hydrogen-bond acceptors (Lipinski definition) is 2. The average molecular weight is 884 g/mol. The van der Waals surface area contributed by atoms with Crippen LogP contribution in [0.5, 0.6) is 0 Å². The summed E-state index contributed by atoms with van der Waals surface area (Å²) in [5, 5.41) is 0. The van der Waals surface area contributed by atoms with E-state index < -0.39 is 0 Å². The Kier molecular flexibility index (Phi) is 38.5. The van der Waals surface area contributed by atoms with Crippen LogP contribution in [0.2, 0.25) is 0 Å². The summed E-state index contributed by atoms with van der Waals surface area (Å²) in [6.45, 7) is 13.7. The van der Waals surface area contributed by atoms with Crippen LogP contribution in [0.4, 0.5) is 11.4 Å². The van der Waals surface area contributed by atoms with Crippen molar-refractivity contribution in [2.45, 2.75) is 286 Å². The molecule has 0 spiro atoms. The predicted octanol–water partition coefficient (Wildman–Crippen LogP) is 20.1. The van der Waals surface area contributed by atoms with Gasteiger partial charge in [-0.3, -0.25) is 9.98 Å². The standard InChI is InChI=1S/C58H100N2.Ni/c1-7-13-15-17-19-20-21-22-23-24-25-26-27-28-29-30-31-32-33-34-35-36-37-38-40-42-44-58(60-56-48-46-52(10-4)54(12-6)50-56)57(43-41-39-18-16-14-8-2)59-55-47-45-51(9-3)53(11-5)49-55;/h45-50H,7-44H2,1-6H3;/b59-57+,60-58+;. The minimum absolute atomic E-state index is 0. The first-order valence-corrected chi connectivity index (χ1v) is 27.0. The van der Waals surface area contributed by atoms with Gasteiger partial charge < -0.3 is 0 Å². The zero-order chi connectivity index (χ0) is 43.1. The molecule has 0 aromatic heterocycles. The summed E-state index contributed by atoms with van der Waals surface area (Å²) in [5.74, 6) is 0. The maximum Gasteiger partial charge on any atom is 0.0636 e. The Morgan fingerprint density at radius 3 is 0.754 bits per heavy atom. The number of unbranched alkanes of at least 4 members (excludes halogenated alkanes) is 30. The fourth-order valence-corrected chi connectivity index (χ4v) is 9.23. The SMILES string of the molecule is CCCCCCCCCCCCCCCCCCCCCCCCCCCCC(=N\c1ccc(CC)c(CC)c1)/C(CCCCCCCC)=N/c1ccc(CC)c(CC)c1.[Ni]. The fraction of sp³-hybridized carbons (Fsp3) is 0.759. The van der Waals surface area contributed by atoms with Gasteiger partial charge in [0.15, 0.2) is 0 Å². The number of rotatable bonds is 41. The van der Waals surface area contributed by atoms with Crippen LogP contribution >= 0.6 is 0 Å². The van der Waals surface area contributed by atoms with Gasteiger partial charge in [0.1, 0.15) is 0 Å². The molecule has 0 aliphatic carbocycles. The molecule has 0 N–H and O–H groups in total. The third-order valence-corrected chi connectivity index (χ3v) is 13.3. The second-order valence-corrected chi connectivity index (χ2v) is 18.5. The molecule has 2 aromatic rings. The zero-order valence-electron chi connectivity index (χ0n) is 41.5. The van der Waals surface area contributed by atoms with Crippen molar-refractivity contribution in [2.75, 3.05) is 0 Å². The summed E-state index contributed by atoms with van der Waals surface area (Å²) in [5.41, 5.74) is 10.5. The van der Waals surface area contributed by atoms with E-state index in [0.717, 1.165) is 49.9 Å². The Morgan fingerprint density at radius 1 is 0.295 bits per heavy atom. The Labute approximate surface area is 391 Å². The Bertz CT molecular complexity index is 1360. The van der Waals surface area contributed by atoms with Crippen LogP contribution in [0.25, 0.3) is 0 Å². The number of aliphatic imine (C=N–C) groups is 2. The van der Waals surface area contributed by atoms with Crippen molar-refractivity contribution < 1.29 is 16.5 Å². The van der Waals surface area contributed by atoms with Crippen molar-refractivity contribution in [1.29, 1.82) is 0 Å². The van der Waals surface area contributed by atoms with Crippen molar-refractivity contribution in [1.82, 2.24) is 0 Å². The molecule has 0 amide bonds. The second-order valence-electron chi connectivity index (χ2n) is 18.5. The fourth-order valence-electron chi connectivity index (χ4n) is 9.23. The molecule has 2 rings (SSSR count). The summed E-state index contributed by atoms with van der Waals surface area (Å²) in [4.78, 5) is 10.9. The van der Waals surface area contributed by atoms with Gasteiger partial charge in [-0.25, -0.2) is 0 Å². The van der Waals surface area contributed by atoms with Crippen LogP contribution < -0.4 is 0 Å². The minimum atomic E-state index is 0. The molecule has 61 heavy (non-hydrogen) atoms. The Hall–Kier alpha value is -1.73. The van der Waals surface area contributed by atoms with E-state index in [9.17, 15) is 0 Å². The summed E-state index contributed by atoms with van der Waals surface area (Å²) in [7, 11) is 0. The van der Waals surface area contributed by atoms with Gasteiger partial charge in [-0.05, 0) is 97.9 Å². The molecule has 352 valence electrons. The van der Waals surface area contributed by atoms with E-state index in [1.54, 1.807) is 0 Å². The summed E-state index contributed by atoms with van der Waals surface area (Å²) in [6, 6.07) is 13.8. The van der Waals surface area contributed by atoms with Crippen LogP contribution in [0.3, 0.4) is 0 Å². The smallest absolute Gasteiger partial charge is 0.0636 e. The number of aryl methyl sites for hydroxylation is 4. The molecule has 0 saturated carbocycles. The maximum absolute atomic E-state index is 5.46. The predicted molar refractivity (Wildman–Crippen MR) is 273 cm³/mol. The van der Waals surface area contributed by atoms with E-state index in [4.69, 9.17) is 9.98 Å². The monoisotopic (exact) mass is 883 g/mol. The van der Waals surface area contributed by atoms with Crippen LogP contribution in [0, 0.1) is 0 Å². The first kappa shape index (κ1) is 57.3. The van der Waals surface area contributed by atoms with Gasteiger partial charge in [0, 0.05) is 16.5 Å². The first-order valence-electron chi connectivity index (χ1n) is 27.0. The van der Waals surface area contributed by atoms with Crippen LogP contribution in [0.15, 0.2) is 46.4 Å². The molecule has 0 saturated heterocycles. The van der Waals surface area contributed by atoms with E-state index in [1.807, 2.05) is 0 Å². The van der Waals surface area contributed by atoms with E-state index in [0.29, 0.717) is 0 Å². The second kappa shape index (κ2) is 41.0. The van der Waals surface area contributed by atoms with Gasteiger partial charge in [0.2, 0.25) is 0 Å². The largest absolute Gasteiger partial charge is 0.252 e. The van der Waals surface area contributed by atoms with Crippen molar-refractivity contribution in [3.8, 4) is 0 Å². The number of hydrogen-bond donors (Lipinski definition) is 0. The van der Waals surface area contributed by atoms with Crippen LogP contribution in [-0.4, -0.2) is 11.4 Å². The molecule has 0 radical (unpaired) electrons. The molecule has 0 atom stereocenters. The van der Waals surface area contributed by atoms with Gasteiger partial charge in [0.05, 0.1) is 22.8 Å². The molecule has 0 fully saturated rings. The topological polar surface area (TPSA) is 24.7 Å². The summed E-state index contributed by atoms with van der Waals surface area (Å²) < 4.78 is 0. The summed E-state index contributed by atoms with van der Waals surface area (Å²) in [6.07, 6.45) is 51.4. The van der Waals surface area contributed by atoms with Crippen LogP contribution in [0.1, 0.15) is 282 Å². The normalized spacial score (nSPS) is 12.0. The Morgan fingerprint density at radius 2 is 0.525 bits per heavy atom. The molecule has 2 nitrogen and oxygen atoms in total. The third-order valence-electron chi connectivity index (χ3n) is 13.3. The Balaban J connectivity index is 0.0000186. The average Bonchev–Trinajstić information content (AvgIpc) is 3.27. The van der Waals surface area contributed by atoms with Crippen molar-refractivity contribution >= 4 is 22.8 Å². The van der Waals surface area contributed by atoms with Crippen molar-refractivity contribution in [3.63, 3.8) is 0 Å². The van der Waals surface area contributed by atoms with E-state index >= 15 is 0 Å². The van der Waals surface area contributed by atoms with Crippen molar-refractivity contribution in [3.05, 3.63) is 58.7 Å².